The van der Waals surface area contributed by atoms with E-state index in [1.54, 1.807) is 6.07 Å². The highest BCUT2D eigenvalue weighted by Gasteiger charge is 2.27. The van der Waals surface area contributed by atoms with Crippen molar-refractivity contribution in [1.82, 2.24) is 4.98 Å². The molecule has 0 radical (unpaired) electrons. The van der Waals surface area contributed by atoms with Crippen molar-refractivity contribution in [3.63, 3.8) is 0 Å². The topological polar surface area (TPSA) is 113 Å². The number of fused-ring (bicyclic) bond motifs is 1. The van der Waals surface area contributed by atoms with Crippen LogP contribution in [0.4, 0.5) is 0 Å². The monoisotopic (exact) mass is 398 g/mol. The molecule has 4 rings (SSSR count). The number of aliphatic hydroxyl groups is 1. The first-order valence-electron chi connectivity index (χ1n) is 9.23. The minimum absolute atomic E-state index is 0.0648. The van der Waals surface area contributed by atoms with Crippen LogP contribution in [0.25, 0.3) is 22.0 Å². The van der Waals surface area contributed by atoms with Gasteiger partial charge in [-0.05, 0) is 59.2 Å². The first-order chi connectivity index (χ1) is 13.4. The molecule has 0 unspecified atom stereocenters. The fourth-order valence-electron chi connectivity index (χ4n) is 4.00. The molecule has 0 spiro atoms. The maximum absolute atomic E-state index is 12.1. The number of amides is 1. The van der Waals surface area contributed by atoms with Crippen LogP contribution in [0, 0.1) is 0 Å². The first kappa shape index (κ1) is 18.7. The van der Waals surface area contributed by atoms with Gasteiger partial charge in [0.2, 0.25) is 0 Å². The molecule has 1 aromatic heterocycles. The van der Waals surface area contributed by atoms with Crippen molar-refractivity contribution in [2.45, 2.75) is 25.4 Å². The highest BCUT2D eigenvalue weighted by Crippen LogP contribution is 2.37. The Morgan fingerprint density at radius 3 is 2.57 bits per heavy atom. The lowest BCUT2D eigenvalue weighted by atomic mass is 9.90. The fraction of sp³-hybridized carbons (Fsp3) is 0.286. The molecule has 2 heterocycles. The lowest BCUT2D eigenvalue weighted by Crippen LogP contribution is -2.22. The minimum atomic E-state index is -2.95. The third kappa shape index (κ3) is 3.43. The predicted octanol–water partition coefficient (Wildman–Crippen LogP) is 2.72. The number of carbonyl (C=O) groups is 1. The molecular formula is C21H22N2O4S. The number of H-pyrrole nitrogens is 1. The summed E-state index contributed by atoms with van der Waals surface area (Å²) in [4.78, 5) is 15.2. The van der Waals surface area contributed by atoms with Gasteiger partial charge in [0.1, 0.15) is 9.84 Å². The lowest BCUT2D eigenvalue weighted by Gasteiger charge is -2.21. The molecule has 1 fully saturated rings. The van der Waals surface area contributed by atoms with Gasteiger partial charge < -0.3 is 15.8 Å². The lowest BCUT2D eigenvalue weighted by molar-refractivity contribution is 0.100. The van der Waals surface area contributed by atoms with Crippen LogP contribution in [0.5, 0.6) is 0 Å². The van der Waals surface area contributed by atoms with Crippen molar-refractivity contribution in [2.24, 2.45) is 5.73 Å². The molecule has 0 aliphatic carbocycles. The Morgan fingerprint density at radius 2 is 1.89 bits per heavy atom. The van der Waals surface area contributed by atoms with Crippen molar-refractivity contribution in [1.29, 1.82) is 0 Å². The summed E-state index contributed by atoms with van der Waals surface area (Å²) in [6, 6.07) is 11.3. The normalized spacial score (nSPS) is 17.0. The number of aromatic nitrogens is 1. The summed E-state index contributed by atoms with van der Waals surface area (Å²) in [6.07, 6.45) is 3.02. The summed E-state index contributed by atoms with van der Waals surface area (Å²) in [5.41, 5.74) is 10.2. The van der Waals surface area contributed by atoms with E-state index in [9.17, 15) is 18.3 Å². The third-order valence-electron chi connectivity index (χ3n) is 5.52. The van der Waals surface area contributed by atoms with Gasteiger partial charge in [-0.2, -0.15) is 0 Å². The molecule has 1 aliphatic heterocycles. The van der Waals surface area contributed by atoms with Gasteiger partial charge in [-0.1, -0.05) is 18.2 Å². The number of rotatable bonds is 4. The van der Waals surface area contributed by atoms with Crippen molar-refractivity contribution in [2.75, 3.05) is 11.5 Å². The second kappa shape index (κ2) is 7.07. The van der Waals surface area contributed by atoms with E-state index in [4.69, 9.17) is 5.73 Å². The average molecular weight is 398 g/mol. The summed E-state index contributed by atoms with van der Waals surface area (Å²) in [6.45, 7) is -0.0648. The molecular weight excluding hydrogens is 376 g/mol. The second-order valence-corrected chi connectivity index (χ2v) is 9.64. The van der Waals surface area contributed by atoms with E-state index in [0.29, 0.717) is 23.9 Å². The standard InChI is InChI=1S/C21H22N2O4S/c22-21(25)18-10-16(15-3-1-2-13(8-15)12-24)9-17-19(11-23-20(17)18)14-4-6-28(26,27)7-5-14/h1-3,8-11,14,23-24H,4-7,12H2,(H2,22,25). The smallest absolute Gasteiger partial charge is 0.250 e. The number of benzene rings is 2. The van der Waals surface area contributed by atoms with Crippen molar-refractivity contribution in [3.05, 3.63) is 59.3 Å². The molecule has 6 nitrogen and oxygen atoms in total. The van der Waals surface area contributed by atoms with Crippen LogP contribution in [0.3, 0.4) is 0 Å². The maximum atomic E-state index is 12.1. The number of nitrogens with two attached hydrogens (primary N) is 1. The summed E-state index contributed by atoms with van der Waals surface area (Å²) in [5.74, 6) is -0.0296. The van der Waals surface area contributed by atoms with Crippen LogP contribution >= 0.6 is 0 Å². The van der Waals surface area contributed by atoms with Crippen molar-refractivity contribution in [3.8, 4) is 11.1 Å². The molecule has 28 heavy (non-hydrogen) atoms. The quantitative estimate of drug-likeness (QED) is 0.627. The molecule has 0 atom stereocenters. The highest BCUT2D eigenvalue weighted by molar-refractivity contribution is 7.91. The number of carbonyl (C=O) groups excluding carboxylic acids is 1. The molecule has 146 valence electrons. The number of primary amides is 1. The van der Waals surface area contributed by atoms with Crippen LogP contribution < -0.4 is 5.73 Å². The van der Waals surface area contributed by atoms with Crippen LogP contribution in [-0.2, 0) is 16.4 Å². The van der Waals surface area contributed by atoms with E-state index in [1.165, 1.54) is 0 Å². The third-order valence-corrected chi connectivity index (χ3v) is 7.24. The Labute approximate surface area is 163 Å². The Kier molecular flexibility index (Phi) is 4.72. The van der Waals surface area contributed by atoms with Crippen LogP contribution in [0.1, 0.15) is 40.2 Å². The minimum Gasteiger partial charge on any atom is -0.392 e. The van der Waals surface area contributed by atoms with Gasteiger partial charge in [0, 0.05) is 11.6 Å². The highest BCUT2D eigenvalue weighted by atomic mass is 32.2. The van der Waals surface area contributed by atoms with Crippen LogP contribution in [0.15, 0.2) is 42.6 Å². The van der Waals surface area contributed by atoms with E-state index in [0.717, 1.165) is 27.6 Å². The van der Waals surface area contributed by atoms with E-state index in [-0.39, 0.29) is 24.0 Å². The van der Waals surface area contributed by atoms with E-state index in [1.807, 2.05) is 36.5 Å². The predicted molar refractivity (Wildman–Crippen MR) is 109 cm³/mol. The number of nitrogens with one attached hydrogen (secondary N) is 1. The van der Waals surface area contributed by atoms with Gasteiger partial charge in [0.25, 0.3) is 5.91 Å². The molecule has 7 heteroatoms. The van der Waals surface area contributed by atoms with Crippen molar-refractivity contribution < 1.29 is 18.3 Å². The van der Waals surface area contributed by atoms with E-state index in [2.05, 4.69) is 4.98 Å². The summed E-state index contributed by atoms with van der Waals surface area (Å²) in [7, 11) is -2.95. The summed E-state index contributed by atoms with van der Waals surface area (Å²) >= 11 is 0. The molecule has 1 saturated heterocycles. The molecule has 0 bridgehead atoms. The molecule has 2 aromatic carbocycles. The summed E-state index contributed by atoms with van der Waals surface area (Å²) < 4.78 is 23.6. The van der Waals surface area contributed by atoms with Crippen LogP contribution in [-0.4, -0.2) is 35.9 Å². The van der Waals surface area contributed by atoms with Gasteiger partial charge in [-0.15, -0.1) is 0 Å². The number of aromatic amines is 1. The summed E-state index contributed by atoms with van der Waals surface area (Å²) in [5, 5.41) is 10.3. The SMILES string of the molecule is NC(=O)c1cc(-c2cccc(CO)c2)cc2c(C3CCS(=O)(=O)CC3)c[nH]c12. The van der Waals surface area contributed by atoms with Gasteiger partial charge in [-0.3, -0.25) is 4.79 Å². The number of hydrogen-bond acceptors (Lipinski definition) is 4. The van der Waals surface area contributed by atoms with Crippen molar-refractivity contribution >= 4 is 26.6 Å². The average Bonchev–Trinajstić information content (AvgIpc) is 3.11. The van der Waals surface area contributed by atoms with Crippen LogP contribution in [0.2, 0.25) is 0 Å². The zero-order valence-corrected chi connectivity index (χ0v) is 16.1. The zero-order valence-electron chi connectivity index (χ0n) is 15.3. The number of aliphatic hydroxyl groups excluding tert-OH is 1. The maximum Gasteiger partial charge on any atom is 0.250 e. The van der Waals surface area contributed by atoms with Gasteiger partial charge >= 0.3 is 0 Å². The molecule has 4 N–H and O–H groups in total. The van der Waals surface area contributed by atoms with Gasteiger partial charge in [0.05, 0.1) is 29.2 Å². The molecule has 3 aromatic rings. The Morgan fingerprint density at radius 1 is 1.14 bits per heavy atom. The number of hydrogen-bond donors (Lipinski definition) is 3. The number of sulfone groups is 1. The molecule has 1 aliphatic rings. The van der Waals surface area contributed by atoms with E-state index >= 15 is 0 Å². The Bertz CT molecular complexity index is 1150. The van der Waals surface area contributed by atoms with E-state index < -0.39 is 15.7 Å². The van der Waals surface area contributed by atoms with Gasteiger partial charge in [0.15, 0.2) is 0 Å². The molecule has 1 amide bonds. The van der Waals surface area contributed by atoms with Gasteiger partial charge in [-0.25, -0.2) is 8.42 Å². The largest absolute Gasteiger partial charge is 0.392 e. The first-order valence-corrected chi connectivity index (χ1v) is 11.1. The Hall–Kier alpha value is -2.64. The second-order valence-electron chi connectivity index (χ2n) is 7.34. The fourth-order valence-corrected chi connectivity index (χ4v) is 5.49. The molecule has 0 saturated carbocycles. The Balaban J connectivity index is 1.85. The zero-order chi connectivity index (χ0) is 19.9.